The molecule has 0 saturated heterocycles. The SMILES string of the molecule is CC(NC(=O)CNC(=O)Cc1ccccc1)c1ccc(-c2ccccc2)cc1. The Bertz CT molecular complexity index is 906. The van der Waals surface area contributed by atoms with Gasteiger partial charge in [-0.25, -0.2) is 0 Å². The van der Waals surface area contributed by atoms with Crippen molar-refractivity contribution in [2.24, 2.45) is 0 Å². The van der Waals surface area contributed by atoms with E-state index < -0.39 is 0 Å². The molecule has 0 spiro atoms. The summed E-state index contributed by atoms with van der Waals surface area (Å²) in [6.45, 7) is 1.90. The monoisotopic (exact) mass is 372 g/mol. The zero-order chi connectivity index (χ0) is 19.8. The van der Waals surface area contributed by atoms with Crippen LogP contribution in [0.15, 0.2) is 84.9 Å². The molecule has 1 atom stereocenters. The Balaban J connectivity index is 1.48. The molecule has 1 unspecified atom stereocenters. The summed E-state index contributed by atoms with van der Waals surface area (Å²) in [6.07, 6.45) is 0.268. The molecule has 4 heteroatoms. The molecule has 0 heterocycles. The van der Waals surface area contributed by atoms with Crippen LogP contribution in [0.3, 0.4) is 0 Å². The van der Waals surface area contributed by atoms with Gasteiger partial charge < -0.3 is 10.6 Å². The Hall–Kier alpha value is -3.40. The van der Waals surface area contributed by atoms with Gasteiger partial charge in [0.25, 0.3) is 0 Å². The molecule has 0 radical (unpaired) electrons. The van der Waals surface area contributed by atoms with Crippen LogP contribution >= 0.6 is 0 Å². The molecule has 3 aromatic carbocycles. The molecule has 0 bridgehead atoms. The number of carbonyl (C=O) groups excluding carboxylic acids is 2. The smallest absolute Gasteiger partial charge is 0.239 e. The van der Waals surface area contributed by atoms with Gasteiger partial charge in [0.1, 0.15) is 0 Å². The fourth-order valence-electron chi connectivity index (χ4n) is 2.99. The van der Waals surface area contributed by atoms with Crippen LogP contribution in [-0.2, 0) is 16.0 Å². The second-order valence-electron chi connectivity index (χ2n) is 6.72. The number of carbonyl (C=O) groups is 2. The number of hydrogen-bond acceptors (Lipinski definition) is 2. The third-order valence-corrected chi connectivity index (χ3v) is 4.55. The topological polar surface area (TPSA) is 58.2 Å². The minimum atomic E-state index is -0.207. The lowest BCUT2D eigenvalue weighted by Gasteiger charge is -2.15. The molecule has 0 aliphatic rings. The van der Waals surface area contributed by atoms with Gasteiger partial charge >= 0.3 is 0 Å². The summed E-state index contributed by atoms with van der Waals surface area (Å²) in [5.41, 5.74) is 4.24. The summed E-state index contributed by atoms with van der Waals surface area (Å²) in [7, 11) is 0. The van der Waals surface area contributed by atoms with Crippen LogP contribution in [0.1, 0.15) is 24.1 Å². The van der Waals surface area contributed by atoms with Gasteiger partial charge in [-0.15, -0.1) is 0 Å². The van der Waals surface area contributed by atoms with E-state index in [1.54, 1.807) is 0 Å². The first-order chi connectivity index (χ1) is 13.6. The van der Waals surface area contributed by atoms with Crippen molar-refractivity contribution in [1.82, 2.24) is 10.6 Å². The van der Waals surface area contributed by atoms with Gasteiger partial charge in [0.2, 0.25) is 11.8 Å². The van der Waals surface area contributed by atoms with Crippen LogP contribution in [0.4, 0.5) is 0 Å². The quantitative estimate of drug-likeness (QED) is 0.661. The summed E-state index contributed by atoms with van der Waals surface area (Å²) >= 11 is 0. The third kappa shape index (κ3) is 5.55. The van der Waals surface area contributed by atoms with Gasteiger partial charge in [-0.3, -0.25) is 9.59 Å². The van der Waals surface area contributed by atoms with E-state index in [1.807, 2.05) is 67.6 Å². The zero-order valence-corrected chi connectivity index (χ0v) is 15.9. The van der Waals surface area contributed by atoms with E-state index in [1.165, 1.54) is 0 Å². The maximum Gasteiger partial charge on any atom is 0.239 e. The zero-order valence-electron chi connectivity index (χ0n) is 15.9. The van der Waals surface area contributed by atoms with Crippen LogP contribution in [0.2, 0.25) is 0 Å². The number of nitrogens with one attached hydrogen (secondary N) is 2. The van der Waals surface area contributed by atoms with Crippen molar-refractivity contribution < 1.29 is 9.59 Å². The largest absolute Gasteiger partial charge is 0.348 e. The van der Waals surface area contributed by atoms with Crippen LogP contribution < -0.4 is 10.6 Å². The van der Waals surface area contributed by atoms with Crippen molar-refractivity contribution in [1.29, 1.82) is 0 Å². The molecule has 0 aliphatic heterocycles. The van der Waals surface area contributed by atoms with E-state index in [9.17, 15) is 9.59 Å². The molecule has 0 fully saturated rings. The lowest BCUT2D eigenvalue weighted by atomic mass is 10.0. The highest BCUT2D eigenvalue weighted by Crippen LogP contribution is 2.21. The van der Waals surface area contributed by atoms with Crippen molar-refractivity contribution in [2.75, 3.05) is 6.54 Å². The second kappa shape index (κ2) is 9.51. The molecular weight excluding hydrogens is 348 g/mol. The third-order valence-electron chi connectivity index (χ3n) is 4.55. The average Bonchev–Trinajstić information content (AvgIpc) is 2.74. The van der Waals surface area contributed by atoms with E-state index in [-0.39, 0.29) is 30.8 Å². The average molecular weight is 372 g/mol. The molecule has 3 rings (SSSR count). The van der Waals surface area contributed by atoms with E-state index in [4.69, 9.17) is 0 Å². The highest BCUT2D eigenvalue weighted by atomic mass is 16.2. The predicted molar refractivity (Wildman–Crippen MR) is 112 cm³/mol. The van der Waals surface area contributed by atoms with Gasteiger partial charge in [0.15, 0.2) is 0 Å². The summed E-state index contributed by atoms with van der Waals surface area (Å²) in [5.74, 6) is -0.373. The Morgan fingerprint density at radius 1 is 0.750 bits per heavy atom. The maximum absolute atomic E-state index is 12.1. The van der Waals surface area contributed by atoms with Crippen molar-refractivity contribution in [3.05, 3.63) is 96.1 Å². The number of benzene rings is 3. The van der Waals surface area contributed by atoms with Crippen LogP contribution in [0.5, 0.6) is 0 Å². The lowest BCUT2D eigenvalue weighted by Crippen LogP contribution is -2.38. The second-order valence-corrected chi connectivity index (χ2v) is 6.72. The Morgan fingerprint density at radius 3 is 1.96 bits per heavy atom. The summed E-state index contributed by atoms with van der Waals surface area (Å²) < 4.78 is 0. The van der Waals surface area contributed by atoms with Gasteiger partial charge in [-0.2, -0.15) is 0 Å². The predicted octanol–water partition coefficient (Wildman–Crippen LogP) is 3.89. The number of hydrogen-bond donors (Lipinski definition) is 2. The standard InChI is InChI=1S/C24H24N2O2/c1-18(20-12-14-22(15-13-20)21-10-6-3-7-11-21)26-24(28)17-25-23(27)16-19-8-4-2-5-9-19/h2-15,18H,16-17H2,1H3,(H,25,27)(H,26,28). The first-order valence-corrected chi connectivity index (χ1v) is 9.37. The van der Waals surface area contributed by atoms with E-state index in [2.05, 4.69) is 34.9 Å². The molecule has 28 heavy (non-hydrogen) atoms. The molecule has 2 N–H and O–H groups in total. The van der Waals surface area contributed by atoms with E-state index >= 15 is 0 Å². The van der Waals surface area contributed by atoms with Gasteiger partial charge in [0.05, 0.1) is 19.0 Å². The highest BCUT2D eigenvalue weighted by Gasteiger charge is 2.11. The Labute approximate surface area is 165 Å². The Kier molecular flexibility index (Phi) is 6.58. The first kappa shape index (κ1) is 19.4. The molecule has 4 nitrogen and oxygen atoms in total. The van der Waals surface area contributed by atoms with Gasteiger partial charge in [-0.05, 0) is 29.2 Å². The van der Waals surface area contributed by atoms with Crippen LogP contribution in [0.25, 0.3) is 11.1 Å². The minimum absolute atomic E-state index is 0.0297. The Morgan fingerprint density at radius 2 is 1.32 bits per heavy atom. The van der Waals surface area contributed by atoms with Crippen molar-refractivity contribution in [3.8, 4) is 11.1 Å². The van der Waals surface area contributed by atoms with Gasteiger partial charge in [-0.1, -0.05) is 84.9 Å². The molecule has 0 aliphatic carbocycles. The summed E-state index contributed by atoms with van der Waals surface area (Å²) in [4.78, 5) is 24.1. The molecule has 0 aromatic heterocycles. The molecule has 0 saturated carbocycles. The summed E-state index contributed by atoms with van der Waals surface area (Å²) in [6, 6.07) is 27.6. The number of amides is 2. The van der Waals surface area contributed by atoms with Crippen molar-refractivity contribution in [2.45, 2.75) is 19.4 Å². The lowest BCUT2D eigenvalue weighted by molar-refractivity contribution is -0.126. The van der Waals surface area contributed by atoms with Gasteiger partial charge in [0, 0.05) is 0 Å². The first-order valence-electron chi connectivity index (χ1n) is 9.37. The fraction of sp³-hybridized carbons (Fsp3) is 0.167. The highest BCUT2D eigenvalue weighted by molar-refractivity contribution is 5.85. The molecular formula is C24H24N2O2. The van der Waals surface area contributed by atoms with Crippen molar-refractivity contribution >= 4 is 11.8 Å². The summed E-state index contributed by atoms with van der Waals surface area (Å²) in [5, 5.41) is 5.59. The minimum Gasteiger partial charge on any atom is -0.348 e. The fourth-order valence-corrected chi connectivity index (χ4v) is 2.99. The van der Waals surface area contributed by atoms with Crippen molar-refractivity contribution in [3.63, 3.8) is 0 Å². The van der Waals surface area contributed by atoms with E-state index in [0.29, 0.717) is 0 Å². The molecule has 142 valence electrons. The normalized spacial score (nSPS) is 11.5. The molecule has 2 amide bonds. The van der Waals surface area contributed by atoms with Crippen LogP contribution in [0, 0.1) is 0 Å². The van der Waals surface area contributed by atoms with Crippen LogP contribution in [-0.4, -0.2) is 18.4 Å². The number of rotatable bonds is 7. The maximum atomic E-state index is 12.1. The van der Waals surface area contributed by atoms with E-state index in [0.717, 1.165) is 22.3 Å². The molecule has 3 aromatic rings.